The van der Waals surface area contributed by atoms with Crippen molar-refractivity contribution >= 4 is 5.91 Å². The zero-order chi connectivity index (χ0) is 11.5. The highest BCUT2D eigenvalue weighted by atomic mass is 16.7. The SMILES string of the molecule is C=CCN(C)C(=O)c1ccc2c(c1)OCO2. The number of nitrogens with zero attached hydrogens (tertiary/aromatic N) is 1. The van der Waals surface area contributed by atoms with Gasteiger partial charge < -0.3 is 14.4 Å². The van der Waals surface area contributed by atoms with Crippen LogP contribution in [0.2, 0.25) is 0 Å². The first-order chi connectivity index (χ1) is 7.72. The Bertz CT molecular complexity index is 428. The summed E-state index contributed by atoms with van der Waals surface area (Å²) in [5.74, 6) is 1.25. The quantitative estimate of drug-likeness (QED) is 0.726. The Morgan fingerprint density at radius 1 is 1.50 bits per heavy atom. The summed E-state index contributed by atoms with van der Waals surface area (Å²) in [6.07, 6.45) is 1.69. The molecule has 0 N–H and O–H groups in total. The predicted octanol–water partition coefficient (Wildman–Crippen LogP) is 1.67. The number of benzene rings is 1. The molecule has 0 bridgehead atoms. The van der Waals surface area contributed by atoms with E-state index in [1.54, 1.807) is 36.2 Å². The largest absolute Gasteiger partial charge is 0.454 e. The van der Waals surface area contributed by atoms with Gasteiger partial charge in [-0.1, -0.05) is 6.08 Å². The standard InChI is InChI=1S/C12H13NO3/c1-3-6-13(2)12(14)9-4-5-10-11(7-9)16-8-15-10/h3-5,7H,1,6,8H2,2H3. The second-order valence-electron chi connectivity index (χ2n) is 3.54. The van der Waals surface area contributed by atoms with E-state index in [0.717, 1.165) is 0 Å². The molecule has 84 valence electrons. The van der Waals surface area contributed by atoms with Crippen molar-refractivity contribution in [3.63, 3.8) is 0 Å². The van der Waals surface area contributed by atoms with Gasteiger partial charge in [-0.3, -0.25) is 4.79 Å². The molecule has 1 aliphatic heterocycles. The molecule has 0 fully saturated rings. The third kappa shape index (κ3) is 1.86. The molecule has 0 aliphatic carbocycles. The first kappa shape index (κ1) is 10.5. The van der Waals surface area contributed by atoms with Crippen LogP contribution in [0.5, 0.6) is 11.5 Å². The minimum atomic E-state index is -0.0572. The Morgan fingerprint density at radius 2 is 2.25 bits per heavy atom. The first-order valence-corrected chi connectivity index (χ1v) is 4.98. The van der Waals surface area contributed by atoms with E-state index in [1.807, 2.05) is 0 Å². The highest BCUT2D eigenvalue weighted by Crippen LogP contribution is 2.32. The Labute approximate surface area is 94.1 Å². The molecule has 0 spiro atoms. The molecule has 4 nitrogen and oxygen atoms in total. The molecule has 0 atom stereocenters. The van der Waals surface area contributed by atoms with Gasteiger partial charge in [0.25, 0.3) is 5.91 Å². The van der Waals surface area contributed by atoms with Crippen LogP contribution >= 0.6 is 0 Å². The van der Waals surface area contributed by atoms with Gasteiger partial charge in [0.05, 0.1) is 0 Å². The van der Waals surface area contributed by atoms with Crippen LogP contribution in [0.15, 0.2) is 30.9 Å². The van der Waals surface area contributed by atoms with Crippen molar-refractivity contribution in [3.8, 4) is 11.5 Å². The van der Waals surface area contributed by atoms with Crippen LogP contribution in [0, 0.1) is 0 Å². The van der Waals surface area contributed by atoms with Gasteiger partial charge in [0.1, 0.15) is 0 Å². The van der Waals surface area contributed by atoms with E-state index in [0.29, 0.717) is 23.6 Å². The molecule has 0 unspecified atom stereocenters. The molecule has 1 heterocycles. The lowest BCUT2D eigenvalue weighted by atomic mass is 10.2. The average Bonchev–Trinajstić information content (AvgIpc) is 2.75. The highest BCUT2D eigenvalue weighted by Gasteiger charge is 2.17. The fourth-order valence-electron chi connectivity index (χ4n) is 1.53. The van der Waals surface area contributed by atoms with E-state index >= 15 is 0 Å². The van der Waals surface area contributed by atoms with Crippen molar-refractivity contribution in [2.45, 2.75) is 0 Å². The molecular weight excluding hydrogens is 206 g/mol. The Morgan fingerprint density at radius 3 is 3.00 bits per heavy atom. The Hall–Kier alpha value is -1.97. The van der Waals surface area contributed by atoms with Gasteiger partial charge in [0.15, 0.2) is 11.5 Å². The van der Waals surface area contributed by atoms with Gasteiger partial charge in [-0.05, 0) is 18.2 Å². The summed E-state index contributed by atoms with van der Waals surface area (Å²) in [4.78, 5) is 13.5. The van der Waals surface area contributed by atoms with Gasteiger partial charge in [-0.25, -0.2) is 0 Å². The summed E-state index contributed by atoms with van der Waals surface area (Å²) in [5, 5.41) is 0. The number of fused-ring (bicyclic) bond motifs is 1. The molecule has 0 aromatic heterocycles. The number of rotatable bonds is 3. The van der Waals surface area contributed by atoms with Crippen LogP contribution in [0.1, 0.15) is 10.4 Å². The maximum absolute atomic E-state index is 11.9. The molecule has 1 amide bonds. The maximum Gasteiger partial charge on any atom is 0.254 e. The normalized spacial score (nSPS) is 12.3. The average molecular weight is 219 g/mol. The van der Waals surface area contributed by atoms with Gasteiger partial charge >= 0.3 is 0 Å². The van der Waals surface area contributed by atoms with Crippen molar-refractivity contribution in [2.75, 3.05) is 20.4 Å². The molecule has 1 aromatic carbocycles. The monoisotopic (exact) mass is 219 g/mol. The van der Waals surface area contributed by atoms with Crippen molar-refractivity contribution < 1.29 is 14.3 Å². The molecule has 4 heteroatoms. The van der Waals surface area contributed by atoms with Crippen LogP contribution in [0.4, 0.5) is 0 Å². The smallest absolute Gasteiger partial charge is 0.254 e. The molecular formula is C12H13NO3. The maximum atomic E-state index is 11.9. The van der Waals surface area contributed by atoms with E-state index in [9.17, 15) is 4.79 Å². The summed E-state index contributed by atoms with van der Waals surface area (Å²) in [5.41, 5.74) is 0.591. The fraction of sp³-hybridized carbons (Fsp3) is 0.250. The van der Waals surface area contributed by atoms with Crippen molar-refractivity contribution in [3.05, 3.63) is 36.4 Å². The third-order valence-corrected chi connectivity index (χ3v) is 2.37. The fourth-order valence-corrected chi connectivity index (χ4v) is 1.53. The molecule has 1 aromatic rings. The lowest BCUT2D eigenvalue weighted by Gasteiger charge is -2.14. The van der Waals surface area contributed by atoms with Gasteiger partial charge in [-0.15, -0.1) is 6.58 Å². The van der Waals surface area contributed by atoms with E-state index < -0.39 is 0 Å². The van der Waals surface area contributed by atoms with Gasteiger partial charge in [0, 0.05) is 19.2 Å². The number of hydrogen-bond donors (Lipinski definition) is 0. The Balaban J connectivity index is 2.21. The second kappa shape index (κ2) is 4.26. The van der Waals surface area contributed by atoms with Gasteiger partial charge in [0.2, 0.25) is 6.79 Å². The van der Waals surface area contributed by atoms with Crippen molar-refractivity contribution in [1.29, 1.82) is 0 Å². The molecule has 1 aliphatic rings. The Kier molecular flexibility index (Phi) is 2.81. The van der Waals surface area contributed by atoms with E-state index in [1.165, 1.54) is 0 Å². The summed E-state index contributed by atoms with van der Waals surface area (Å²) in [6.45, 7) is 4.33. The highest BCUT2D eigenvalue weighted by molar-refractivity contribution is 5.94. The van der Waals surface area contributed by atoms with E-state index in [4.69, 9.17) is 9.47 Å². The lowest BCUT2D eigenvalue weighted by molar-refractivity contribution is 0.0810. The van der Waals surface area contributed by atoms with E-state index in [-0.39, 0.29) is 12.7 Å². The summed E-state index contributed by atoms with van der Waals surface area (Å²) >= 11 is 0. The summed E-state index contributed by atoms with van der Waals surface area (Å²) in [7, 11) is 1.73. The number of carbonyl (C=O) groups is 1. The minimum absolute atomic E-state index is 0.0572. The van der Waals surface area contributed by atoms with Crippen LogP contribution in [-0.4, -0.2) is 31.2 Å². The van der Waals surface area contributed by atoms with Crippen LogP contribution in [0.25, 0.3) is 0 Å². The summed E-state index contributed by atoms with van der Waals surface area (Å²) < 4.78 is 10.4. The molecule has 16 heavy (non-hydrogen) atoms. The number of carbonyl (C=O) groups excluding carboxylic acids is 1. The molecule has 0 radical (unpaired) electrons. The zero-order valence-corrected chi connectivity index (χ0v) is 9.10. The van der Waals surface area contributed by atoms with Crippen molar-refractivity contribution in [2.24, 2.45) is 0 Å². The van der Waals surface area contributed by atoms with Gasteiger partial charge in [-0.2, -0.15) is 0 Å². The first-order valence-electron chi connectivity index (χ1n) is 4.98. The number of likely N-dealkylation sites (N-methyl/N-ethyl adjacent to an activating group) is 1. The lowest BCUT2D eigenvalue weighted by Crippen LogP contribution is -2.26. The van der Waals surface area contributed by atoms with Crippen molar-refractivity contribution in [1.82, 2.24) is 4.90 Å². The molecule has 0 saturated carbocycles. The summed E-state index contributed by atoms with van der Waals surface area (Å²) in [6, 6.07) is 5.18. The molecule has 0 saturated heterocycles. The number of ether oxygens (including phenoxy) is 2. The number of amides is 1. The topological polar surface area (TPSA) is 38.8 Å². The number of hydrogen-bond acceptors (Lipinski definition) is 3. The molecule has 2 rings (SSSR count). The predicted molar refractivity (Wildman–Crippen MR) is 59.7 cm³/mol. The zero-order valence-electron chi connectivity index (χ0n) is 9.10. The van der Waals surface area contributed by atoms with Crippen LogP contribution in [0.3, 0.4) is 0 Å². The van der Waals surface area contributed by atoms with Crippen LogP contribution < -0.4 is 9.47 Å². The third-order valence-electron chi connectivity index (χ3n) is 2.37. The minimum Gasteiger partial charge on any atom is -0.454 e. The van der Waals surface area contributed by atoms with Crippen LogP contribution in [-0.2, 0) is 0 Å². The second-order valence-corrected chi connectivity index (χ2v) is 3.54. The van der Waals surface area contributed by atoms with E-state index in [2.05, 4.69) is 6.58 Å².